The molecule has 0 aliphatic rings. The zero-order chi connectivity index (χ0) is 21.5. The number of phenolic OH excluding ortho intramolecular Hbond substituents is 1. The van der Waals surface area contributed by atoms with Gasteiger partial charge < -0.3 is 14.6 Å². The Morgan fingerprint density at radius 2 is 0.964 bits per heavy atom. The van der Waals surface area contributed by atoms with E-state index in [1.54, 1.807) is 0 Å². The summed E-state index contributed by atoms with van der Waals surface area (Å²) in [6, 6.07) is 0. The molecule has 2 aromatic carbocycles. The van der Waals surface area contributed by atoms with Crippen molar-refractivity contribution in [3.63, 3.8) is 0 Å². The van der Waals surface area contributed by atoms with Crippen LogP contribution in [0.15, 0.2) is 0 Å². The predicted octanol–water partition coefficient (Wildman–Crippen LogP) is 4.88. The largest absolute Gasteiger partial charge is 0.503 e. The van der Waals surface area contributed by atoms with E-state index in [9.17, 15) is 39.5 Å². The van der Waals surface area contributed by atoms with Gasteiger partial charge in [0.25, 0.3) is 0 Å². The highest BCUT2D eigenvalue weighted by Gasteiger charge is 2.33. The number of phenols is 1. The summed E-state index contributed by atoms with van der Waals surface area (Å²) in [6.45, 7) is 0.843. The molecule has 12 heteroatoms. The molecule has 0 aromatic heterocycles. The van der Waals surface area contributed by atoms with Crippen molar-refractivity contribution in [1.29, 1.82) is 0 Å². The fourth-order valence-electron chi connectivity index (χ4n) is 1.95. The van der Waals surface area contributed by atoms with Crippen LogP contribution in [0.5, 0.6) is 17.2 Å². The highest BCUT2D eigenvalue weighted by atomic mass is 19.2. The first kappa shape index (κ1) is 21.5. The smallest absolute Gasteiger partial charge is 0.207 e. The minimum absolute atomic E-state index is 0.959. The number of aromatic hydroxyl groups is 1. The first-order chi connectivity index (χ1) is 12.8. The standard InChI is InChI=1S/C16H9F9O3/c1-16(2,28-15-11(24)7(20)13(26)8(21)12(15)25)3-27-14-9(22)5(18)4(17)6(19)10(14)23/h26H,3H2,1-2H3. The third-order valence-corrected chi connectivity index (χ3v) is 3.31. The van der Waals surface area contributed by atoms with E-state index in [1.807, 2.05) is 0 Å². The summed E-state index contributed by atoms with van der Waals surface area (Å²) < 4.78 is 130. The first-order valence-corrected chi connectivity index (χ1v) is 7.18. The molecule has 0 amide bonds. The van der Waals surface area contributed by atoms with Crippen LogP contribution in [-0.4, -0.2) is 17.3 Å². The molecule has 0 unspecified atom stereocenters. The van der Waals surface area contributed by atoms with Gasteiger partial charge in [-0.05, 0) is 13.8 Å². The molecule has 0 aliphatic carbocycles. The minimum atomic E-state index is -2.43. The van der Waals surface area contributed by atoms with Gasteiger partial charge in [-0.2, -0.15) is 26.3 Å². The lowest BCUT2D eigenvalue weighted by molar-refractivity contribution is 0.0390. The van der Waals surface area contributed by atoms with Gasteiger partial charge in [0.15, 0.2) is 17.2 Å². The lowest BCUT2D eigenvalue weighted by atomic mass is 10.1. The minimum Gasteiger partial charge on any atom is -0.503 e. The topological polar surface area (TPSA) is 38.7 Å². The number of hydrogen-bond donors (Lipinski definition) is 1. The lowest BCUT2D eigenvalue weighted by Gasteiger charge is -2.27. The zero-order valence-electron chi connectivity index (χ0n) is 13.9. The molecular formula is C16H9F9O3. The van der Waals surface area contributed by atoms with Crippen LogP contribution < -0.4 is 9.47 Å². The lowest BCUT2D eigenvalue weighted by Crippen LogP contribution is -2.36. The molecule has 0 saturated carbocycles. The Balaban J connectivity index is 2.33. The Morgan fingerprint density at radius 1 is 0.607 bits per heavy atom. The highest BCUT2D eigenvalue weighted by molar-refractivity contribution is 5.38. The van der Waals surface area contributed by atoms with Crippen LogP contribution in [0.4, 0.5) is 39.5 Å². The van der Waals surface area contributed by atoms with E-state index in [4.69, 9.17) is 9.84 Å². The summed E-state index contributed by atoms with van der Waals surface area (Å²) >= 11 is 0. The second kappa shape index (κ2) is 7.32. The van der Waals surface area contributed by atoms with Crippen molar-refractivity contribution in [2.24, 2.45) is 0 Å². The molecule has 0 atom stereocenters. The molecule has 28 heavy (non-hydrogen) atoms. The summed E-state index contributed by atoms with van der Waals surface area (Å²) in [5, 5.41) is 8.88. The molecule has 1 N–H and O–H groups in total. The average Bonchev–Trinajstić information content (AvgIpc) is 2.65. The van der Waals surface area contributed by atoms with Crippen LogP contribution in [0, 0.1) is 52.4 Å². The van der Waals surface area contributed by atoms with Gasteiger partial charge in [-0.15, -0.1) is 0 Å². The van der Waals surface area contributed by atoms with E-state index in [2.05, 4.69) is 4.74 Å². The molecule has 0 saturated heterocycles. The maximum atomic E-state index is 13.7. The number of hydrogen-bond acceptors (Lipinski definition) is 3. The van der Waals surface area contributed by atoms with Crippen LogP contribution in [0.3, 0.4) is 0 Å². The Labute approximate surface area is 150 Å². The van der Waals surface area contributed by atoms with Crippen molar-refractivity contribution in [1.82, 2.24) is 0 Å². The summed E-state index contributed by atoms with van der Waals surface area (Å²) in [7, 11) is 0. The first-order valence-electron chi connectivity index (χ1n) is 7.18. The van der Waals surface area contributed by atoms with Gasteiger partial charge >= 0.3 is 0 Å². The fraction of sp³-hybridized carbons (Fsp3) is 0.250. The Hall–Kier alpha value is -2.79. The summed E-state index contributed by atoms with van der Waals surface area (Å²) in [6.07, 6.45) is 0. The van der Waals surface area contributed by atoms with Crippen molar-refractivity contribution in [3.05, 3.63) is 52.4 Å². The molecular weight excluding hydrogens is 411 g/mol. The van der Waals surface area contributed by atoms with Gasteiger partial charge in [0.05, 0.1) is 0 Å². The molecule has 0 spiro atoms. The quantitative estimate of drug-likeness (QED) is 0.426. The van der Waals surface area contributed by atoms with E-state index in [0.717, 1.165) is 13.8 Å². The Morgan fingerprint density at radius 3 is 1.39 bits per heavy atom. The molecule has 0 radical (unpaired) electrons. The van der Waals surface area contributed by atoms with Crippen molar-refractivity contribution in [2.75, 3.05) is 6.61 Å². The van der Waals surface area contributed by atoms with E-state index in [-0.39, 0.29) is 0 Å². The second-order valence-electron chi connectivity index (χ2n) is 5.98. The Bertz CT molecular complexity index is 886. The molecule has 154 valence electrons. The normalized spacial score (nSPS) is 11.7. The van der Waals surface area contributed by atoms with Crippen LogP contribution in [0.25, 0.3) is 0 Å². The number of ether oxygens (including phenoxy) is 2. The molecule has 0 aliphatic heterocycles. The third-order valence-electron chi connectivity index (χ3n) is 3.31. The third kappa shape index (κ3) is 3.62. The van der Waals surface area contributed by atoms with Gasteiger partial charge in [-0.3, -0.25) is 0 Å². The summed E-state index contributed by atoms with van der Waals surface area (Å²) in [4.78, 5) is 0. The van der Waals surface area contributed by atoms with Crippen molar-refractivity contribution in [3.8, 4) is 17.2 Å². The Kier molecular flexibility index (Phi) is 5.62. The summed E-state index contributed by atoms with van der Waals surface area (Å²) in [5.74, 6) is -25.5. The zero-order valence-corrected chi connectivity index (χ0v) is 13.9. The van der Waals surface area contributed by atoms with E-state index in [1.165, 1.54) is 0 Å². The van der Waals surface area contributed by atoms with Gasteiger partial charge in [0.2, 0.25) is 52.4 Å². The maximum absolute atomic E-state index is 13.7. The number of rotatable bonds is 5. The molecule has 0 bridgehead atoms. The van der Waals surface area contributed by atoms with Crippen molar-refractivity contribution < 1.29 is 54.1 Å². The van der Waals surface area contributed by atoms with Gasteiger partial charge in [-0.25, -0.2) is 13.2 Å². The average molecular weight is 420 g/mol. The maximum Gasteiger partial charge on any atom is 0.207 e. The molecule has 2 aromatic rings. The van der Waals surface area contributed by atoms with Crippen LogP contribution in [0.1, 0.15) is 13.8 Å². The molecule has 2 rings (SSSR count). The van der Waals surface area contributed by atoms with E-state index in [0.29, 0.717) is 0 Å². The molecule has 0 fully saturated rings. The van der Waals surface area contributed by atoms with Crippen LogP contribution in [-0.2, 0) is 0 Å². The summed E-state index contributed by atoms with van der Waals surface area (Å²) in [5.41, 5.74) is -2.00. The van der Waals surface area contributed by atoms with Crippen molar-refractivity contribution in [2.45, 2.75) is 19.4 Å². The van der Waals surface area contributed by atoms with Crippen LogP contribution >= 0.6 is 0 Å². The number of benzene rings is 2. The second-order valence-corrected chi connectivity index (χ2v) is 5.98. The fourth-order valence-corrected chi connectivity index (χ4v) is 1.95. The van der Waals surface area contributed by atoms with Gasteiger partial charge in [-0.1, -0.05) is 0 Å². The molecule has 0 heterocycles. The van der Waals surface area contributed by atoms with Gasteiger partial charge in [0.1, 0.15) is 12.2 Å². The van der Waals surface area contributed by atoms with Crippen molar-refractivity contribution >= 4 is 0 Å². The predicted molar refractivity (Wildman–Crippen MR) is 74.4 cm³/mol. The number of halogens is 9. The van der Waals surface area contributed by atoms with E-state index < -0.39 is 81.8 Å². The monoisotopic (exact) mass is 420 g/mol. The van der Waals surface area contributed by atoms with Gasteiger partial charge in [0, 0.05) is 0 Å². The highest BCUT2D eigenvalue weighted by Crippen LogP contribution is 2.36. The molecule has 3 nitrogen and oxygen atoms in total. The van der Waals surface area contributed by atoms with E-state index >= 15 is 0 Å². The SMILES string of the molecule is CC(C)(COc1c(F)c(F)c(F)c(F)c1F)Oc1c(F)c(F)c(O)c(F)c1F. The van der Waals surface area contributed by atoms with Crippen LogP contribution in [0.2, 0.25) is 0 Å².